The first kappa shape index (κ1) is 15.0. The topological polar surface area (TPSA) is 23.6 Å². The Kier molecular flexibility index (Phi) is 4.81. The SMILES string of the molecule is Cc1cccc(CCC(=O)N2CC(C)N(C)C(C)C2)c1. The monoisotopic (exact) mass is 274 g/mol. The van der Waals surface area contributed by atoms with Crippen LogP contribution in [-0.4, -0.2) is 47.9 Å². The molecule has 0 bridgehead atoms. The molecule has 1 amide bonds. The van der Waals surface area contributed by atoms with Crippen LogP contribution in [0.4, 0.5) is 0 Å². The van der Waals surface area contributed by atoms with Crippen molar-refractivity contribution in [3.05, 3.63) is 35.4 Å². The van der Waals surface area contributed by atoms with Gasteiger partial charge in [0.15, 0.2) is 0 Å². The zero-order chi connectivity index (χ0) is 14.7. The van der Waals surface area contributed by atoms with Gasteiger partial charge in [-0.2, -0.15) is 0 Å². The van der Waals surface area contributed by atoms with E-state index in [4.69, 9.17) is 0 Å². The molecule has 1 aliphatic heterocycles. The number of amides is 1. The number of piperazine rings is 1. The lowest BCUT2D eigenvalue weighted by atomic mass is 10.1. The van der Waals surface area contributed by atoms with Crippen molar-refractivity contribution >= 4 is 5.91 Å². The predicted molar refractivity (Wildman–Crippen MR) is 82.8 cm³/mol. The van der Waals surface area contributed by atoms with Gasteiger partial charge >= 0.3 is 0 Å². The third-order valence-corrected chi connectivity index (χ3v) is 4.42. The molecule has 1 aromatic carbocycles. The second-order valence-electron chi connectivity index (χ2n) is 6.15. The summed E-state index contributed by atoms with van der Waals surface area (Å²) in [6, 6.07) is 9.32. The van der Waals surface area contributed by atoms with Crippen molar-refractivity contribution in [3.8, 4) is 0 Å². The van der Waals surface area contributed by atoms with Crippen molar-refractivity contribution in [1.29, 1.82) is 0 Å². The van der Waals surface area contributed by atoms with E-state index in [0.29, 0.717) is 24.4 Å². The van der Waals surface area contributed by atoms with Crippen molar-refractivity contribution in [3.63, 3.8) is 0 Å². The van der Waals surface area contributed by atoms with Crippen LogP contribution in [0.1, 0.15) is 31.4 Å². The van der Waals surface area contributed by atoms with Gasteiger partial charge in [-0.05, 0) is 39.8 Å². The summed E-state index contributed by atoms with van der Waals surface area (Å²) in [4.78, 5) is 16.7. The molecule has 1 aromatic rings. The molecule has 0 radical (unpaired) electrons. The number of likely N-dealkylation sites (N-methyl/N-ethyl adjacent to an activating group) is 1. The molecule has 1 saturated heterocycles. The summed E-state index contributed by atoms with van der Waals surface area (Å²) in [6.45, 7) is 8.18. The van der Waals surface area contributed by atoms with Crippen molar-refractivity contribution in [2.75, 3.05) is 20.1 Å². The zero-order valence-electron chi connectivity index (χ0n) is 13.1. The molecule has 110 valence electrons. The van der Waals surface area contributed by atoms with Gasteiger partial charge < -0.3 is 4.90 Å². The van der Waals surface area contributed by atoms with E-state index in [2.05, 4.69) is 57.0 Å². The molecule has 2 atom stereocenters. The van der Waals surface area contributed by atoms with Crippen molar-refractivity contribution < 1.29 is 4.79 Å². The molecule has 2 unspecified atom stereocenters. The summed E-state index contributed by atoms with van der Waals surface area (Å²) in [5.41, 5.74) is 2.52. The largest absolute Gasteiger partial charge is 0.340 e. The molecular formula is C17H26N2O. The molecule has 0 saturated carbocycles. The van der Waals surface area contributed by atoms with E-state index in [-0.39, 0.29) is 0 Å². The van der Waals surface area contributed by atoms with Crippen LogP contribution in [-0.2, 0) is 11.2 Å². The first-order chi connectivity index (χ1) is 9.47. The number of hydrogen-bond acceptors (Lipinski definition) is 2. The van der Waals surface area contributed by atoms with Crippen LogP contribution in [0.3, 0.4) is 0 Å². The summed E-state index contributed by atoms with van der Waals surface area (Å²) in [6.07, 6.45) is 1.46. The summed E-state index contributed by atoms with van der Waals surface area (Å²) < 4.78 is 0. The van der Waals surface area contributed by atoms with Gasteiger partial charge in [0.05, 0.1) is 0 Å². The average molecular weight is 274 g/mol. The molecule has 1 heterocycles. The van der Waals surface area contributed by atoms with Gasteiger partial charge in [0.1, 0.15) is 0 Å². The summed E-state index contributed by atoms with van der Waals surface area (Å²) >= 11 is 0. The van der Waals surface area contributed by atoms with E-state index in [1.807, 2.05) is 4.90 Å². The third kappa shape index (κ3) is 3.60. The molecule has 1 aliphatic rings. The Hall–Kier alpha value is -1.35. The molecule has 3 heteroatoms. The Labute approximate surface area is 122 Å². The smallest absolute Gasteiger partial charge is 0.223 e. The number of rotatable bonds is 3. The minimum Gasteiger partial charge on any atom is -0.340 e. The Morgan fingerprint density at radius 2 is 1.90 bits per heavy atom. The summed E-state index contributed by atoms with van der Waals surface area (Å²) in [7, 11) is 2.14. The molecule has 0 N–H and O–H groups in total. The van der Waals surface area contributed by atoms with Gasteiger partial charge in [-0.3, -0.25) is 9.69 Å². The average Bonchev–Trinajstić information content (AvgIpc) is 2.41. The van der Waals surface area contributed by atoms with Gasteiger partial charge in [-0.15, -0.1) is 0 Å². The van der Waals surface area contributed by atoms with Crippen molar-refractivity contribution in [1.82, 2.24) is 9.80 Å². The maximum Gasteiger partial charge on any atom is 0.223 e. The number of carbonyl (C=O) groups is 1. The highest BCUT2D eigenvalue weighted by Crippen LogP contribution is 2.15. The first-order valence-electron chi connectivity index (χ1n) is 7.52. The lowest BCUT2D eigenvalue weighted by molar-refractivity contribution is -0.135. The van der Waals surface area contributed by atoms with Gasteiger partial charge in [0.25, 0.3) is 0 Å². The Morgan fingerprint density at radius 3 is 2.50 bits per heavy atom. The van der Waals surface area contributed by atoms with E-state index in [0.717, 1.165) is 19.5 Å². The van der Waals surface area contributed by atoms with E-state index in [9.17, 15) is 4.79 Å². The van der Waals surface area contributed by atoms with Crippen LogP contribution in [0.15, 0.2) is 24.3 Å². The van der Waals surface area contributed by atoms with Crippen LogP contribution in [0, 0.1) is 6.92 Å². The highest BCUT2D eigenvalue weighted by atomic mass is 16.2. The normalized spacial score (nSPS) is 23.9. The minimum atomic E-state index is 0.290. The Bertz CT molecular complexity index is 460. The zero-order valence-corrected chi connectivity index (χ0v) is 13.1. The minimum absolute atomic E-state index is 0.290. The quantitative estimate of drug-likeness (QED) is 0.845. The Morgan fingerprint density at radius 1 is 1.25 bits per heavy atom. The third-order valence-electron chi connectivity index (χ3n) is 4.42. The number of nitrogens with zero attached hydrogens (tertiary/aromatic N) is 2. The first-order valence-corrected chi connectivity index (χ1v) is 7.52. The molecule has 1 fully saturated rings. The van der Waals surface area contributed by atoms with Crippen LogP contribution in [0.25, 0.3) is 0 Å². The molecule has 0 aliphatic carbocycles. The fourth-order valence-electron chi connectivity index (χ4n) is 2.89. The number of aryl methyl sites for hydroxylation is 2. The van der Waals surface area contributed by atoms with E-state index >= 15 is 0 Å². The van der Waals surface area contributed by atoms with Gasteiger partial charge in [-0.25, -0.2) is 0 Å². The molecule has 20 heavy (non-hydrogen) atoms. The number of hydrogen-bond donors (Lipinski definition) is 0. The van der Waals surface area contributed by atoms with Crippen LogP contribution in [0.2, 0.25) is 0 Å². The standard InChI is InChI=1S/C17H26N2O/c1-13-6-5-7-16(10-13)8-9-17(20)19-11-14(2)18(4)15(3)12-19/h5-7,10,14-15H,8-9,11-12H2,1-4H3. The fraction of sp³-hybridized carbons (Fsp3) is 0.588. The van der Waals surface area contributed by atoms with E-state index in [1.165, 1.54) is 11.1 Å². The lowest BCUT2D eigenvalue weighted by Gasteiger charge is -2.42. The highest BCUT2D eigenvalue weighted by molar-refractivity contribution is 5.76. The fourth-order valence-corrected chi connectivity index (χ4v) is 2.89. The van der Waals surface area contributed by atoms with E-state index in [1.54, 1.807) is 0 Å². The maximum atomic E-state index is 12.4. The molecule has 0 aromatic heterocycles. The van der Waals surface area contributed by atoms with Crippen molar-refractivity contribution in [2.45, 2.75) is 45.7 Å². The Balaban J connectivity index is 1.89. The second kappa shape index (κ2) is 6.40. The van der Waals surface area contributed by atoms with Gasteiger partial charge in [0.2, 0.25) is 5.91 Å². The molecule has 2 rings (SSSR count). The molecule has 3 nitrogen and oxygen atoms in total. The number of benzene rings is 1. The van der Waals surface area contributed by atoms with Crippen LogP contribution < -0.4 is 0 Å². The van der Waals surface area contributed by atoms with Crippen LogP contribution >= 0.6 is 0 Å². The second-order valence-corrected chi connectivity index (χ2v) is 6.15. The molecular weight excluding hydrogens is 248 g/mol. The van der Waals surface area contributed by atoms with Crippen molar-refractivity contribution in [2.24, 2.45) is 0 Å². The molecule has 0 spiro atoms. The maximum absolute atomic E-state index is 12.4. The summed E-state index contributed by atoms with van der Waals surface area (Å²) in [5, 5.41) is 0. The predicted octanol–water partition coefficient (Wildman–Crippen LogP) is 2.48. The van der Waals surface area contributed by atoms with Gasteiger partial charge in [0, 0.05) is 31.6 Å². The number of carbonyl (C=O) groups excluding carboxylic acids is 1. The lowest BCUT2D eigenvalue weighted by Crippen LogP contribution is -2.56. The van der Waals surface area contributed by atoms with Crippen LogP contribution in [0.5, 0.6) is 0 Å². The highest BCUT2D eigenvalue weighted by Gasteiger charge is 2.28. The van der Waals surface area contributed by atoms with Gasteiger partial charge in [-0.1, -0.05) is 29.8 Å². The summed E-state index contributed by atoms with van der Waals surface area (Å²) in [5.74, 6) is 0.290. The van der Waals surface area contributed by atoms with E-state index < -0.39 is 0 Å².